The van der Waals surface area contributed by atoms with E-state index in [2.05, 4.69) is 29.3 Å². The molecule has 0 bridgehead atoms. The molecule has 1 aromatic carbocycles. The van der Waals surface area contributed by atoms with E-state index in [0.717, 1.165) is 37.7 Å². The van der Waals surface area contributed by atoms with Crippen molar-refractivity contribution in [3.8, 4) is 11.5 Å². The highest BCUT2D eigenvalue weighted by Crippen LogP contribution is 2.28. The Labute approximate surface area is 127 Å². The molecule has 0 radical (unpaired) electrons. The number of hydrogen-bond donors (Lipinski definition) is 1. The Balaban J connectivity index is 1.97. The first-order valence-electron chi connectivity index (χ1n) is 7.47. The maximum absolute atomic E-state index is 5.66. The van der Waals surface area contributed by atoms with Gasteiger partial charge >= 0.3 is 0 Å². The molecule has 2 rings (SSSR count). The van der Waals surface area contributed by atoms with Crippen molar-refractivity contribution in [1.29, 1.82) is 0 Å². The molecular weight excluding hydrogens is 268 g/mol. The van der Waals surface area contributed by atoms with Crippen LogP contribution in [0, 0.1) is 0 Å². The predicted octanol–water partition coefficient (Wildman–Crippen LogP) is 1.51. The summed E-state index contributed by atoms with van der Waals surface area (Å²) in [7, 11) is 3.34. The van der Waals surface area contributed by atoms with Crippen LogP contribution in [0.5, 0.6) is 11.5 Å². The van der Waals surface area contributed by atoms with E-state index in [1.807, 2.05) is 6.07 Å². The summed E-state index contributed by atoms with van der Waals surface area (Å²) in [5.41, 5.74) is 1.25. The molecule has 118 valence electrons. The fourth-order valence-corrected chi connectivity index (χ4v) is 2.58. The van der Waals surface area contributed by atoms with Gasteiger partial charge in [0.1, 0.15) is 6.61 Å². The molecule has 0 aliphatic carbocycles. The Bertz CT molecular complexity index is 440. The third-order valence-electron chi connectivity index (χ3n) is 3.63. The molecule has 0 unspecified atom stereocenters. The molecule has 5 nitrogen and oxygen atoms in total. The first kappa shape index (κ1) is 16.1. The van der Waals surface area contributed by atoms with Gasteiger partial charge in [-0.25, -0.2) is 0 Å². The lowest BCUT2D eigenvalue weighted by molar-refractivity contribution is 0.144. The van der Waals surface area contributed by atoms with Gasteiger partial charge in [0.05, 0.1) is 13.7 Å². The second-order valence-corrected chi connectivity index (χ2v) is 5.42. The zero-order valence-electron chi connectivity index (χ0n) is 13.2. The third kappa shape index (κ3) is 4.88. The molecule has 1 N–H and O–H groups in total. The van der Waals surface area contributed by atoms with Gasteiger partial charge in [-0.2, -0.15) is 0 Å². The monoisotopic (exact) mass is 294 g/mol. The van der Waals surface area contributed by atoms with Crippen molar-refractivity contribution in [2.75, 3.05) is 47.1 Å². The van der Waals surface area contributed by atoms with Crippen LogP contribution in [0.15, 0.2) is 18.2 Å². The lowest BCUT2D eigenvalue weighted by Gasteiger charge is -2.31. The summed E-state index contributed by atoms with van der Waals surface area (Å²) in [5, 5.41) is 3.46. The van der Waals surface area contributed by atoms with Crippen molar-refractivity contribution in [3.63, 3.8) is 0 Å². The first-order valence-corrected chi connectivity index (χ1v) is 7.47. The predicted molar refractivity (Wildman–Crippen MR) is 83.1 cm³/mol. The van der Waals surface area contributed by atoms with Crippen LogP contribution in [0.25, 0.3) is 0 Å². The van der Waals surface area contributed by atoms with Crippen LogP contribution in [-0.2, 0) is 11.3 Å². The third-order valence-corrected chi connectivity index (χ3v) is 3.63. The SMILES string of the molecule is COCCOc1ccc(CN2CCN[C@@H](C)C2)cc1OC. The van der Waals surface area contributed by atoms with Crippen molar-refractivity contribution in [2.45, 2.75) is 19.5 Å². The summed E-state index contributed by atoms with van der Waals surface area (Å²) < 4.78 is 16.1. The topological polar surface area (TPSA) is 43.0 Å². The largest absolute Gasteiger partial charge is 0.493 e. The van der Waals surface area contributed by atoms with Crippen LogP contribution in [0.4, 0.5) is 0 Å². The highest BCUT2D eigenvalue weighted by atomic mass is 16.5. The minimum absolute atomic E-state index is 0.529. The normalized spacial score (nSPS) is 19.5. The number of methoxy groups -OCH3 is 2. The summed E-state index contributed by atoms with van der Waals surface area (Å²) in [6.07, 6.45) is 0. The highest BCUT2D eigenvalue weighted by molar-refractivity contribution is 5.43. The second kappa shape index (κ2) is 8.22. The highest BCUT2D eigenvalue weighted by Gasteiger charge is 2.16. The molecule has 0 saturated carbocycles. The number of rotatable bonds is 7. The van der Waals surface area contributed by atoms with Gasteiger partial charge in [-0.05, 0) is 24.6 Å². The maximum atomic E-state index is 5.66. The summed E-state index contributed by atoms with van der Waals surface area (Å²) in [4.78, 5) is 2.46. The van der Waals surface area contributed by atoms with E-state index in [1.54, 1.807) is 14.2 Å². The number of hydrogen-bond acceptors (Lipinski definition) is 5. The summed E-state index contributed by atoms with van der Waals surface area (Å²) in [6, 6.07) is 6.71. The van der Waals surface area contributed by atoms with E-state index in [9.17, 15) is 0 Å². The fourth-order valence-electron chi connectivity index (χ4n) is 2.58. The van der Waals surface area contributed by atoms with E-state index in [-0.39, 0.29) is 0 Å². The molecule has 1 aromatic rings. The smallest absolute Gasteiger partial charge is 0.161 e. The average Bonchev–Trinajstić information content (AvgIpc) is 2.48. The number of benzene rings is 1. The van der Waals surface area contributed by atoms with Gasteiger partial charge in [0, 0.05) is 39.3 Å². The quantitative estimate of drug-likeness (QED) is 0.772. The van der Waals surface area contributed by atoms with E-state index in [1.165, 1.54) is 5.56 Å². The van der Waals surface area contributed by atoms with Crippen LogP contribution < -0.4 is 14.8 Å². The van der Waals surface area contributed by atoms with E-state index < -0.39 is 0 Å². The number of nitrogens with one attached hydrogen (secondary N) is 1. The fraction of sp³-hybridized carbons (Fsp3) is 0.625. The minimum Gasteiger partial charge on any atom is -0.493 e. The summed E-state index contributed by atoms with van der Waals surface area (Å²) >= 11 is 0. The van der Waals surface area contributed by atoms with Gasteiger partial charge in [-0.3, -0.25) is 4.90 Å². The minimum atomic E-state index is 0.529. The Morgan fingerprint density at radius 3 is 2.81 bits per heavy atom. The van der Waals surface area contributed by atoms with Crippen LogP contribution >= 0.6 is 0 Å². The lowest BCUT2D eigenvalue weighted by Crippen LogP contribution is -2.48. The lowest BCUT2D eigenvalue weighted by atomic mass is 10.1. The first-order chi connectivity index (χ1) is 10.2. The molecule has 0 amide bonds. The van der Waals surface area contributed by atoms with Crippen LogP contribution in [0.2, 0.25) is 0 Å². The summed E-state index contributed by atoms with van der Waals surface area (Å²) in [5.74, 6) is 1.55. The van der Waals surface area contributed by atoms with Crippen molar-refractivity contribution in [2.24, 2.45) is 0 Å². The Morgan fingerprint density at radius 2 is 2.10 bits per heavy atom. The standard InChI is InChI=1S/C16H26N2O3/c1-13-11-18(7-6-17-13)12-14-4-5-15(16(10-14)20-3)21-9-8-19-2/h4-5,10,13,17H,6-9,11-12H2,1-3H3/t13-/m0/s1. The molecular formula is C16H26N2O3. The second-order valence-electron chi connectivity index (χ2n) is 5.42. The van der Waals surface area contributed by atoms with Crippen molar-refractivity contribution >= 4 is 0 Å². The van der Waals surface area contributed by atoms with Gasteiger partial charge in [0.2, 0.25) is 0 Å². The van der Waals surface area contributed by atoms with Crippen molar-refractivity contribution in [1.82, 2.24) is 10.2 Å². The molecule has 0 spiro atoms. The van der Waals surface area contributed by atoms with E-state index in [0.29, 0.717) is 19.3 Å². The average molecular weight is 294 g/mol. The zero-order chi connectivity index (χ0) is 15.1. The molecule has 1 atom stereocenters. The van der Waals surface area contributed by atoms with Crippen molar-refractivity contribution in [3.05, 3.63) is 23.8 Å². The molecule has 1 aliphatic rings. The Kier molecular flexibility index (Phi) is 6.29. The van der Waals surface area contributed by atoms with Crippen LogP contribution in [0.1, 0.15) is 12.5 Å². The van der Waals surface area contributed by atoms with Gasteiger partial charge in [0.25, 0.3) is 0 Å². The molecule has 1 aliphatic heterocycles. The maximum Gasteiger partial charge on any atom is 0.161 e. The van der Waals surface area contributed by atoms with Gasteiger partial charge in [-0.15, -0.1) is 0 Å². The molecule has 21 heavy (non-hydrogen) atoms. The molecule has 5 heteroatoms. The number of ether oxygens (including phenoxy) is 3. The van der Waals surface area contributed by atoms with Crippen LogP contribution in [0.3, 0.4) is 0 Å². The molecule has 1 saturated heterocycles. The van der Waals surface area contributed by atoms with Gasteiger partial charge in [-0.1, -0.05) is 6.07 Å². The van der Waals surface area contributed by atoms with Gasteiger partial charge < -0.3 is 19.5 Å². The van der Waals surface area contributed by atoms with E-state index >= 15 is 0 Å². The van der Waals surface area contributed by atoms with Crippen molar-refractivity contribution < 1.29 is 14.2 Å². The zero-order valence-corrected chi connectivity index (χ0v) is 13.2. The van der Waals surface area contributed by atoms with Gasteiger partial charge in [0.15, 0.2) is 11.5 Å². The molecule has 1 fully saturated rings. The molecule has 0 aromatic heterocycles. The Hall–Kier alpha value is -1.30. The number of nitrogens with zero attached hydrogens (tertiary/aromatic N) is 1. The summed E-state index contributed by atoms with van der Waals surface area (Å²) in [6.45, 7) is 7.48. The Morgan fingerprint density at radius 1 is 1.24 bits per heavy atom. The number of piperazine rings is 1. The molecule has 1 heterocycles. The van der Waals surface area contributed by atoms with Crippen LogP contribution in [-0.4, -0.2) is 58.0 Å². The van der Waals surface area contributed by atoms with E-state index in [4.69, 9.17) is 14.2 Å².